The summed E-state index contributed by atoms with van der Waals surface area (Å²) in [5.74, 6) is 0.340. The van der Waals surface area contributed by atoms with Crippen molar-refractivity contribution in [3.8, 4) is 5.75 Å². The lowest BCUT2D eigenvalue weighted by atomic mass is 10.2. The number of hydrogen-bond acceptors (Lipinski definition) is 4. The van der Waals surface area contributed by atoms with Crippen LogP contribution in [-0.2, 0) is 14.8 Å². The highest BCUT2D eigenvalue weighted by Crippen LogP contribution is 2.30. The van der Waals surface area contributed by atoms with Crippen molar-refractivity contribution in [2.45, 2.75) is 71.3 Å². The number of nitrogens with one attached hydrogen (secondary N) is 1. The molecule has 1 rings (SSSR count). The van der Waals surface area contributed by atoms with Gasteiger partial charge in [0, 0.05) is 19.5 Å². The fourth-order valence-electron chi connectivity index (χ4n) is 2.58. The van der Waals surface area contributed by atoms with E-state index in [2.05, 4.69) is 12.2 Å². The molecule has 1 N–H and O–H groups in total. The number of rotatable bonds is 11. The first-order valence-electron chi connectivity index (χ1n) is 9.36. The van der Waals surface area contributed by atoms with E-state index in [0.717, 1.165) is 19.3 Å². The van der Waals surface area contributed by atoms with Gasteiger partial charge in [0.25, 0.3) is 0 Å². The molecule has 0 unspecified atom stereocenters. The fraction of sp³-hybridized carbons (Fsp3) is 0.632. The second kappa shape index (κ2) is 10.5. The van der Waals surface area contributed by atoms with Gasteiger partial charge in [-0.3, -0.25) is 4.79 Å². The molecule has 0 heterocycles. The third kappa shape index (κ3) is 6.29. The summed E-state index contributed by atoms with van der Waals surface area (Å²) >= 11 is 0. The van der Waals surface area contributed by atoms with Crippen LogP contribution in [0.5, 0.6) is 5.75 Å². The summed E-state index contributed by atoms with van der Waals surface area (Å²) in [6.07, 6.45) is 3.14. The van der Waals surface area contributed by atoms with E-state index in [1.807, 2.05) is 13.8 Å². The van der Waals surface area contributed by atoms with Gasteiger partial charge in [-0.1, -0.05) is 33.6 Å². The molecule has 0 radical (unpaired) electrons. The Morgan fingerprint density at radius 3 is 2.35 bits per heavy atom. The molecule has 1 aromatic rings. The van der Waals surface area contributed by atoms with E-state index < -0.39 is 10.0 Å². The lowest BCUT2D eigenvalue weighted by Gasteiger charge is -2.20. The van der Waals surface area contributed by atoms with Crippen molar-refractivity contribution in [3.05, 3.63) is 18.2 Å². The Morgan fingerprint density at radius 2 is 1.81 bits per heavy atom. The minimum absolute atomic E-state index is 0.0871. The van der Waals surface area contributed by atoms with Crippen LogP contribution in [0.25, 0.3) is 0 Å². The molecule has 26 heavy (non-hydrogen) atoms. The average molecular weight is 385 g/mol. The van der Waals surface area contributed by atoms with E-state index in [9.17, 15) is 13.2 Å². The minimum Gasteiger partial charge on any atom is -0.489 e. The van der Waals surface area contributed by atoms with Gasteiger partial charge in [-0.2, -0.15) is 4.31 Å². The number of benzene rings is 1. The van der Waals surface area contributed by atoms with Crippen LogP contribution in [0.4, 0.5) is 5.69 Å². The number of carbonyl (C=O) groups is 1. The van der Waals surface area contributed by atoms with E-state index in [0.29, 0.717) is 30.9 Å². The Labute approximate surface area is 158 Å². The second-order valence-corrected chi connectivity index (χ2v) is 8.36. The van der Waals surface area contributed by atoms with E-state index >= 15 is 0 Å². The number of unbranched alkanes of at least 4 members (excludes halogenated alkanes) is 2. The first kappa shape index (κ1) is 22.4. The molecule has 0 bridgehead atoms. The summed E-state index contributed by atoms with van der Waals surface area (Å²) in [4.78, 5) is 12.4. The molecule has 1 amide bonds. The van der Waals surface area contributed by atoms with Gasteiger partial charge in [0.05, 0.1) is 16.7 Å². The van der Waals surface area contributed by atoms with Crippen molar-refractivity contribution >= 4 is 21.6 Å². The van der Waals surface area contributed by atoms with Crippen LogP contribution in [0, 0.1) is 0 Å². The molecule has 6 nitrogen and oxygen atoms in total. The zero-order valence-corrected chi connectivity index (χ0v) is 17.4. The van der Waals surface area contributed by atoms with Crippen molar-refractivity contribution in [3.63, 3.8) is 0 Å². The Morgan fingerprint density at radius 1 is 1.15 bits per heavy atom. The van der Waals surface area contributed by atoms with Crippen LogP contribution in [0.15, 0.2) is 23.1 Å². The van der Waals surface area contributed by atoms with Gasteiger partial charge in [-0.05, 0) is 38.5 Å². The summed E-state index contributed by atoms with van der Waals surface area (Å²) < 4.78 is 32.6. The first-order valence-corrected chi connectivity index (χ1v) is 10.8. The van der Waals surface area contributed by atoms with Gasteiger partial charge < -0.3 is 10.1 Å². The molecule has 0 saturated carbocycles. The monoisotopic (exact) mass is 384 g/mol. The van der Waals surface area contributed by atoms with Crippen LogP contribution in [0.2, 0.25) is 0 Å². The largest absolute Gasteiger partial charge is 0.489 e. The predicted octanol–water partition coefficient (Wildman–Crippen LogP) is 4.02. The number of hydrogen-bond donors (Lipinski definition) is 1. The highest BCUT2D eigenvalue weighted by molar-refractivity contribution is 7.89. The molecule has 148 valence electrons. The van der Waals surface area contributed by atoms with Crippen LogP contribution < -0.4 is 10.1 Å². The number of carbonyl (C=O) groups excluding carboxylic acids is 1. The number of ether oxygens (including phenoxy) is 1. The lowest BCUT2D eigenvalue weighted by Crippen LogP contribution is -2.30. The predicted molar refractivity (Wildman–Crippen MR) is 105 cm³/mol. The van der Waals surface area contributed by atoms with Crippen LogP contribution in [0.1, 0.15) is 60.3 Å². The molecule has 0 aliphatic carbocycles. The van der Waals surface area contributed by atoms with Crippen molar-refractivity contribution in [2.75, 3.05) is 18.4 Å². The average Bonchev–Trinajstić information content (AvgIpc) is 2.57. The molecule has 0 saturated heterocycles. The maximum atomic E-state index is 12.7. The molecule has 0 aliphatic rings. The van der Waals surface area contributed by atoms with E-state index in [-0.39, 0.29) is 16.9 Å². The Kier molecular flexibility index (Phi) is 9.08. The summed E-state index contributed by atoms with van der Waals surface area (Å²) in [5.41, 5.74) is 0.397. The fourth-order valence-corrected chi connectivity index (χ4v) is 4.07. The van der Waals surface area contributed by atoms with Gasteiger partial charge in [0.1, 0.15) is 5.75 Å². The third-order valence-electron chi connectivity index (χ3n) is 3.94. The first-order chi connectivity index (χ1) is 12.3. The number of sulfonamides is 1. The normalized spacial score (nSPS) is 11.8. The summed E-state index contributed by atoms with van der Waals surface area (Å²) in [6, 6.07) is 4.62. The second-order valence-electron chi connectivity index (χ2n) is 6.42. The summed E-state index contributed by atoms with van der Waals surface area (Å²) in [7, 11) is -3.60. The van der Waals surface area contributed by atoms with E-state index in [1.54, 1.807) is 19.9 Å². The van der Waals surface area contributed by atoms with Gasteiger partial charge in [0.15, 0.2) is 0 Å². The molecule has 1 aromatic carbocycles. The quantitative estimate of drug-likeness (QED) is 0.585. The topological polar surface area (TPSA) is 75.7 Å². The van der Waals surface area contributed by atoms with Gasteiger partial charge in [0.2, 0.25) is 15.9 Å². The Balaban J connectivity index is 3.16. The highest BCUT2D eigenvalue weighted by Gasteiger charge is 2.23. The standard InChI is InChI=1S/C19H32N2O4S/c1-6-9-10-11-19(22)20-17-14-16(12-13-18(17)25-15(4)5)26(23,24)21(7-2)8-3/h12-15H,6-11H2,1-5H3,(H,20,22). The van der Waals surface area contributed by atoms with Gasteiger partial charge in [-0.25, -0.2) is 8.42 Å². The number of anilines is 1. The van der Waals surface area contributed by atoms with Crippen molar-refractivity contribution < 1.29 is 17.9 Å². The highest BCUT2D eigenvalue weighted by atomic mass is 32.2. The molecule has 0 aliphatic heterocycles. The molecule has 0 aromatic heterocycles. The van der Waals surface area contributed by atoms with Crippen molar-refractivity contribution in [1.29, 1.82) is 0 Å². The lowest BCUT2D eigenvalue weighted by molar-refractivity contribution is -0.116. The minimum atomic E-state index is -3.60. The zero-order chi connectivity index (χ0) is 19.7. The SMILES string of the molecule is CCCCCC(=O)Nc1cc(S(=O)(=O)N(CC)CC)ccc1OC(C)C. The smallest absolute Gasteiger partial charge is 0.243 e. The zero-order valence-electron chi connectivity index (χ0n) is 16.5. The van der Waals surface area contributed by atoms with Gasteiger partial charge >= 0.3 is 0 Å². The maximum absolute atomic E-state index is 12.7. The summed E-state index contributed by atoms with van der Waals surface area (Å²) in [5, 5.41) is 2.82. The molecule has 0 fully saturated rings. The maximum Gasteiger partial charge on any atom is 0.243 e. The third-order valence-corrected chi connectivity index (χ3v) is 5.98. The summed E-state index contributed by atoms with van der Waals surface area (Å²) in [6.45, 7) is 10.2. The Bertz CT molecular complexity index is 683. The molecular weight excluding hydrogens is 352 g/mol. The van der Waals surface area contributed by atoms with E-state index in [1.165, 1.54) is 16.4 Å². The Hall–Kier alpha value is -1.60. The van der Waals surface area contributed by atoms with E-state index in [4.69, 9.17) is 4.74 Å². The molecular formula is C19H32N2O4S. The van der Waals surface area contributed by atoms with Gasteiger partial charge in [-0.15, -0.1) is 0 Å². The molecule has 0 spiro atoms. The molecule has 0 atom stereocenters. The van der Waals surface area contributed by atoms with Crippen LogP contribution in [-0.4, -0.2) is 37.8 Å². The van der Waals surface area contributed by atoms with Crippen molar-refractivity contribution in [1.82, 2.24) is 4.31 Å². The number of amides is 1. The number of nitrogens with zero attached hydrogens (tertiary/aromatic N) is 1. The van der Waals surface area contributed by atoms with Crippen molar-refractivity contribution in [2.24, 2.45) is 0 Å². The van der Waals surface area contributed by atoms with Crippen LogP contribution in [0.3, 0.4) is 0 Å². The molecule has 7 heteroatoms. The van der Waals surface area contributed by atoms with Crippen LogP contribution >= 0.6 is 0 Å².